The number of hydrogen-bond acceptors (Lipinski definition) is 5. The van der Waals surface area contributed by atoms with Crippen LogP contribution in [0.15, 0.2) is 11.2 Å². The lowest BCUT2D eigenvalue weighted by Gasteiger charge is -2.32. The third kappa shape index (κ3) is 4.42. The smallest absolute Gasteiger partial charge is 0.280 e. The Labute approximate surface area is 130 Å². The van der Waals surface area contributed by atoms with Crippen LogP contribution in [0.2, 0.25) is 0 Å². The summed E-state index contributed by atoms with van der Waals surface area (Å²) in [6.07, 6.45) is 3.18. The molecule has 1 aromatic heterocycles. The molecular weight excluding hydrogens is 314 g/mol. The number of halogens is 1. The Hall–Kier alpha value is -0.630. The summed E-state index contributed by atoms with van der Waals surface area (Å²) >= 11 is 0. The second kappa shape index (κ2) is 7.09. The summed E-state index contributed by atoms with van der Waals surface area (Å²) in [7, 11) is 1.60. The van der Waals surface area contributed by atoms with Crippen molar-refractivity contribution < 1.29 is 13.2 Å². The summed E-state index contributed by atoms with van der Waals surface area (Å²) in [6.45, 7) is 8.25. The van der Waals surface area contributed by atoms with Crippen LogP contribution >= 0.6 is 10.7 Å². The van der Waals surface area contributed by atoms with Gasteiger partial charge in [0.15, 0.2) is 5.03 Å². The molecule has 1 atom stereocenters. The van der Waals surface area contributed by atoms with Gasteiger partial charge in [-0.1, -0.05) is 13.8 Å². The fourth-order valence-electron chi connectivity index (χ4n) is 2.52. The van der Waals surface area contributed by atoms with Crippen LogP contribution in [0.25, 0.3) is 0 Å². The Balaban J connectivity index is 2.16. The van der Waals surface area contributed by atoms with E-state index in [4.69, 9.17) is 15.4 Å². The number of morpholine rings is 1. The molecule has 1 aliphatic heterocycles. The lowest BCUT2D eigenvalue weighted by Crippen LogP contribution is -2.44. The van der Waals surface area contributed by atoms with Gasteiger partial charge in [-0.2, -0.15) is 0 Å². The Bertz CT molecular complexity index is 573. The van der Waals surface area contributed by atoms with Crippen molar-refractivity contribution in [2.24, 2.45) is 0 Å². The fourth-order valence-corrected chi connectivity index (χ4v) is 3.21. The summed E-state index contributed by atoms with van der Waals surface area (Å²) in [5.41, 5.74) is 0. The van der Waals surface area contributed by atoms with Crippen LogP contribution in [0.3, 0.4) is 0 Å². The summed E-state index contributed by atoms with van der Waals surface area (Å²) in [6, 6.07) is 0. The fraction of sp³-hybridized carbons (Fsp3) is 0.769. The van der Waals surface area contributed by atoms with E-state index in [2.05, 4.69) is 16.8 Å². The molecule has 1 unspecified atom stereocenters. The van der Waals surface area contributed by atoms with Gasteiger partial charge in [0, 0.05) is 36.4 Å². The SMILES string of the molecule is CCCc1nc(S(=O)(=O)Cl)cn1CC1CN(CC)CCO1. The van der Waals surface area contributed by atoms with E-state index in [1.54, 1.807) is 0 Å². The van der Waals surface area contributed by atoms with Crippen molar-refractivity contribution in [2.45, 2.75) is 44.4 Å². The molecule has 120 valence electrons. The topological polar surface area (TPSA) is 64.4 Å². The molecule has 0 aliphatic carbocycles. The van der Waals surface area contributed by atoms with Crippen molar-refractivity contribution >= 4 is 19.7 Å². The Kier molecular flexibility index (Phi) is 5.65. The second-order valence-electron chi connectivity index (χ2n) is 5.22. The summed E-state index contributed by atoms with van der Waals surface area (Å²) in [5.74, 6) is 0.744. The Morgan fingerprint density at radius 1 is 1.48 bits per heavy atom. The van der Waals surface area contributed by atoms with Crippen LogP contribution in [0.5, 0.6) is 0 Å². The third-order valence-corrected chi connectivity index (χ3v) is 4.80. The van der Waals surface area contributed by atoms with Crippen molar-refractivity contribution in [3.63, 3.8) is 0 Å². The van der Waals surface area contributed by atoms with E-state index in [9.17, 15) is 8.42 Å². The number of nitrogens with zero attached hydrogens (tertiary/aromatic N) is 3. The second-order valence-corrected chi connectivity index (χ2v) is 7.73. The highest BCUT2D eigenvalue weighted by atomic mass is 35.7. The maximum Gasteiger partial charge on any atom is 0.280 e. The van der Waals surface area contributed by atoms with E-state index >= 15 is 0 Å². The van der Waals surface area contributed by atoms with Crippen LogP contribution in [0.4, 0.5) is 0 Å². The predicted molar refractivity (Wildman–Crippen MR) is 81.1 cm³/mol. The monoisotopic (exact) mass is 335 g/mol. The van der Waals surface area contributed by atoms with Gasteiger partial charge in [-0.15, -0.1) is 0 Å². The number of imidazole rings is 1. The third-order valence-electron chi connectivity index (χ3n) is 3.63. The van der Waals surface area contributed by atoms with Crippen LogP contribution in [0.1, 0.15) is 26.1 Å². The molecule has 2 rings (SSSR count). The summed E-state index contributed by atoms with van der Waals surface area (Å²) < 4.78 is 30.5. The molecule has 2 heterocycles. The number of rotatable bonds is 6. The van der Waals surface area contributed by atoms with Gasteiger partial charge in [0.25, 0.3) is 9.05 Å². The molecule has 1 aromatic rings. The van der Waals surface area contributed by atoms with E-state index in [-0.39, 0.29) is 11.1 Å². The highest BCUT2D eigenvalue weighted by molar-refractivity contribution is 8.13. The number of hydrogen-bond donors (Lipinski definition) is 0. The average molecular weight is 336 g/mol. The maximum absolute atomic E-state index is 11.4. The van der Waals surface area contributed by atoms with Crippen molar-refractivity contribution in [3.8, 4) is 0 Å². The van der Waals surface area contributed by atoms with Crippen LogP contribution in [0, 0.1) is 0 Å². The van der Waals surface area contributed by atoms with Crippen molar-refractivity contribution in [3.05, 3.63) is 12.0 Å². The minimum absolute atomic E-state index is 0.0504. The Morgan fingerprint density at radius 3 is 2.86 bits per heavy atom. The summed E-state index contributed by atoms with van der Waals surface area (Å²) in [4.78, 5) is 6.47. The minimum Gasteiger partial charge on any atom is -0.374 e. The quantitative estimate of drug-likeness (QED) is 0.737. The molecule has 1 fully saturated rings. The van der Waals surface area contributed by atoms with Crippen molar-refractivity contribution in [2.75, 3.05) is 26.2 Å². The van der Waals surface area contributed by atoms with Crippen LogP contribution < -0.4 is 0 Å². The lowest BCUT2D eigenvalue weighted by atomic mass is 10.2. The molecule has 6 nitrogen and oxygen atoms in total. The predicted octanol–water partition coefficient (Wildman–Crippen LogP) is 1.48. The molecule has 8 heteroatoms. The number of aryl methyl sites for hydroxylation is 1. The number of likely N-dealkylation sites (N-methyl/N-ethyl adjacent to an activating group) is 1. The number of aromatic nitrogens is 2. The standard InChI is InChI=1S/C13H22ClN3O3S/c1-3-5-12-15-13(21(14,18)19)10-17(12)9-11-8-16(4-2)6-7-20-11/h10-11H,3-9H2,1-2H3. The first-order valence-corrected chi connectivity index (χ1v) is 9.59. The van der Waals surface area contributed by atoms with E-state index in [0.717, 1.165) is 38.3 Å². The average Bonchev–Trinajstić information content (AvgIpc) is 2.83. The zero-order chi connectivity index (χ0) is 15.5. The highest BCUT2D eigenvalue weighted by Gasteiger charge is 2.23. The van der Waals surface area contributed by atoms with Gasteiger partial charge >= 0.3 is 0 Å². The molecule has 0 aromatic carbocycles. The van der Waals surface area contributed by atoms with Gasteiger partial charge in [-0.3, -0.25) is 4.90 Å². The molecule has 0 saturated carbocycles. The van der Waals surface area contributed by atoms with Gasteiger partial charge in [0.1, 0.15) is 5.82 Å². The van der Waals surface area contributed by atoms with E-state index in [1.807, 2.05) is 11.5 Å². The minimum atomic E-state index is -3.79. The van der Waals surface area contributed by atoms with Gasteiger partial charge in [-0.25, -0.2) is 13.4 Å². The Morgan fingerprint density at radius 2 is 2.24 bits per heavy atom. The van der Waals surface area contributed by atoms with E-state index < -0.39 is 9.05 Å². The van der Waals surface area contributed by atoms with E-state index in [1.165, 1.54) is 6.20 Å². The molecule has 0 amide bonds. The highest BCUT2D eigenvalue weighted by Crippen LogP contribution is 2.17. The molecule has 21 heavy (non-hydrogen) atoms. The molecule has 0 bridgehead atoms. The van der Waals surface area contributed by atoms with Gasteiger partial charge < -0.3 is 9.30 Å². The van der Waals surface area contributed by atoms with E-state index in [0.29, 0.717) is 13.2 Å². The molecule has 1 saturated heterocycles. The van der Waals surface area contributed by atoms with Gasteiger partial charge in [0.2, 0.25) is 0 Å². The number of ether oxygens (including phenoxy) is 1. The van der Waals surface area contributed by atoms with Gasteiger partial charge in [0.05, 0.1) is 19.3 Å². The molecule has 0 spiro atoms. The zero-order valence-electron chi connectivity index (χ0n) is 12.5. The zero-order valence-corrected chi connectivity index (χ0v) is 14.0. The van der Waals surface area contributed by atoms with Crippen molar-refractivity contribution in [1.82, 2.24) is 14.5 Å². The van der Waals surface area contributed by atoms with Crippen LogP contribution in [-0.2, 0) is 26.8 Å². The first kappa shape index (κ1) is 16.7. The lowest BCUT2D eigenvalue weighted by molar-refractivity contribution is -0.0346. The molecule has 0 radical (unpaired) electrons. The first-order valence-electron chi connectivity index (χ1n) is 7.28. The summed E-state index contributed by atoms with van der Waals surface area (Å²) in [5, 5.41) is -0.0734. The largest absolute Gasteiger partial charge is 0.374 e. The van der Waals surface area contributed by atoms with Crippen LogP contribution in [-0.4, -0.2) is 55.2 Å². The molecule has 1 aliphatic rings. The first-order chi connectivity index (χ1) is 9.94. The molecule has 0 N–H and O–H groups in total. The molecular formula is C13H22ClN3O3S. The maximum atomic E-state index is 11.4. The normalized spacial score (nSPS) is 20.8. The van der Waals surface area contributed by atoms with Crippen molar-refractivity contribution in [1.29, 1.82) is 0 Å². The van der Waals surface area contributed by atoms with Gasteiger partial charge in [-0.05, 0) is 13.0 Å².